The quantitative estimate of drug-likeness (QED) is 0.440. The average Bonchev–Trinajstić information content (AvgIpc) is 2.82. The largest absolute Gasteiger partial charge is 0.269 e. The normalized spacial score (nSPS) is 11.0. The molecule has 3 rings (SSSR count). The van der Waals surface area contributed by atoms with E-state index in [9.17, 15) is 18.0 Å². The number of hydrogen-bond donors (Lipinski definition) is 3. The molecule has 0 spiro atoms. The van der Waals surface area contributed by atoms with Crippen molar-refractivity contribution < 1.29 is 18.0 Å². The minimum atomic E-state index is -3.82. The zero-order chi connectivity index (χ0) is 23.0. The molecule has 32 heavy (non-hydrogen) atoms. The minimum absolute atomic E-state index is 0.0446. The van der Waals surface area contributed by atoms with E-state index in [1.807, 2.05) is 48.7 Å². The molecule has 0 unspecified atom stereocenters. The number of benzene rings is 3. The van der Waals surface area contributed by atoms with Crippen LogP contribution in [0.25, 0.3) is 0 Å². The summed E-state index contributed by atoms with van der Waals surface area (Å²) in [6.45, 7) is 0.130. The van der Waals surface area contributed by atoms with E-state index in [1.165, 1.54) is 24.3 Å². The fraction of sp³-hybridized carbons (Fsp3) is 0.130. The predicted molar refractivity (Wildman–Crippen MR) is 126 cm³/mol. The highest BCUT2D eigenvalue weighted by Gasteiger charge is 2.16. The van der Waals surface area contributed by atoms with Crippen LogP contribution in [0.5, 0.6) is 0 Å². The lowest BCUT2D eigenvalue weighted by atomic mass is 10.1. The average molecular weight is 470 g/mol. The molecule has 0 radical (unpaired) electrons. The van der Waals surface area contributed by atoms with Gasteiger partial charge in [-0.15, -0.1) is 0 Å². The van der Waals surface area contributed by atoms with E-state index in [0.717, 1.165) is 16.9 Å². The highest BCUT2D eigenvalue weighted by atomic mass is 32.2. The van der Waals surface area contributed by atoms with Crippen LogP contribution in [-0.2, 0) is 22.3 Å². The maximum absolute atomic E-state index is 12.6. The molecule has 3 N–H and O–H groups in total. The van der Waals surface area contributed by atoms with Gasteiger partial charge in [0.1, 0.15) is 0 Å². The highest BCUT2D eigenvalue weighted by molar-refractivity contribution is 7.97. The number of hydrogen-bond acceptors (Lipinski definition) is 5. The summed E-state index contributed by atoms with van der Waals surface area (Å²) in [5, 5.41) is 0. The molecule has 0 atom stereocenters. The van der Waals surface area contributed by atoms with Crippen molar-refractivity contribution in [3.63, 3.8) is 0 Å². The highest BCUT2D eigenvalue weighted by Crippen LogP contribution is 2.13. The summed E-state index contributed by atoms with van der Waals surface area (Å²) in [7, 11) is -3.82. The van der Waals surface area contributed by atoms with Gasteiger partial charge in [-0.2, -0.15) is 11.8 Å². The van der Waals surface area contributed by atoms with Crippen LogP contribution in [0.1, 0.15) is 31.8 Å². The molecular formula is C23H23N3O4S2. The number of hydrazine groups is 1. The van der Waals surface area contributed by atoms with Gasteiger partial charge in [0, 0.05) is 23.4 Å². The third kappa shape index (κ3) is 6.43. The van der Waals surface area contributed by atoms with Crippen molar-refractivity contribution in [2.24, 2.45) is 0 Å². The molecule has 0 aliphatic heterocycles. The summed E-state index contributed by atoms with van der Waals surface area (Å²) in [6, 6.07) is 21.8. The molecule has 0 saturated carbocycles. The second-order valence-electron chi connectivity index (χ2n) is 6.88. The lowest BCUT2D eigenvalue weighted by molar-refractivity contribution is 0.0846. The van der Waals surface area contributed by atoms with Gasteiger partial charge in [0.25, 0.3) is 11.8 Å². The zero-order valence-corrected chi connectivity index (χ0v) is 19.0. The van der Waals surface area contributed by atoms with E-state index < -0.39 is 21.8 Å². The summed E-state index contributed by atoms with van der Waals surface area (Å²) in [6.07, 6.45) is 2.00. The first-order chi connectivity index (χ1) is 15.4. The Labute approximate surface area is 191 Å². The second kappa shape index (κ2) is 10.9. The molecule has 2 amide bonds. The smallest absolute Gasteiger partial charge is 0.267 e. The molecule has 166 valence electrons. The second-order valence-corrected chi connectivity index (χ2v) is 9.51. The van der Waals surface area contributed by atoms with Gasteiger partial charge in [-0.1, -0.05) is 48.5 Å². The van der Waals surface area contributed by atoms with Crippen LogP contribution in [-0.4, -0.2) is 26.5 Å². The van der Waals surface area contributed by atoms with Gasteiger partial charge in [0.05, 0.1) is 4.90 Å². The first-order valence-corrected chi connectivity index (χ1v) is 12.6. The van der Waals surface area contributed by atoms with Crippen molar-refractivity contribution in [3.05, 3.63) is 101 Å². The number of rotatable bonds is 8. The Bertz CT molecular complexity index is 1180. The van der Waals surface area contributed by atoms with Gasteiger partial charge in [0.15, 0.2) is 0 Å². The van der Waals surface area contributed by atoms with E-state index >= 15 is 0 Å². The Morgan fingerprint density at radius 1 is 0.781 bits per heavy atom. The van der Waals surface area contributed by atoms with E-state index in [-0.39, 0.29) is 17.0 Å². The Kier molecular flexibility index (Phi) is 8.04. The number of carbonyl (C=O) groups excluding carboxylic acids is 2. The third-order valence-electron chi connectivity index (χ3n) is 4.53. The molecule has 0 aromatic heterocycles. The fourth-order valence-corrected chi connectivity index (χ4v) is 4.43. The molecule has 0 saturated heterocycles. The molecule has 7 nitrogen and oxygen atoms in total. The summed E-state index contributed by atoms with van der Waals surface area (Å²) in [5.74, 6) is -0.252. The first-order valence-electron chi connectivity index (χ1n) is 9.71. The Balaban J connectivity index is 1.61. The molecule has 0 bridgehead atoms. The molecule has 0 aliphatic carbocycles. The summed E-state index contributed by atoms with van der Waals surface area (Å²) < 4.78 is 27.7. The maximum Gasteiger partial charge on any atom is 0.269 e. The molecule has 3 aromatic carbocycles. The molecule has 0 aliphatic rings. The number of thioether (sulfide) groups is 1. The lowest BCUT2D eigenvalue weighted by Gasteiger charge is -2.10. The summed E-state index contributed by atoms with van der Waals surface area (Å²) in [5.41, 5.74) is 7.07. The van der Waals surface area contributed by atoms with Crippen LogP contribution in [0.2, 0.25) is 0 Å². The standard InChI is InChI=1S/C23H23N3O4S2/c1-31-16-18-10-12-19(13-11-18)22(27)25-26-23(28)20-8-5-9-21(14-20)32(29,30)24-15-17-6-3-2-4-7-17/h2-14,24H,15-16H2,1H3,(H,25,27)(H,26,28). The Morgan fingerprint density at radius 3 is 2.09 bits per heavy atom. The van der Waals surface area contributed by atoms with E-state index in [4.69, 9.17) is 0 Å². The van der Waals surface area contributed by atoms with Crippen molar-refractivity contribution >= 4 is 33.6 Å². The van der Waals surface area contributed by atoms with Crippen LogP contribution in [0.4, 0.5) is 0 Å². The van der Waals surface area contributed by atoms with Crippen molar-refractivity contribution in [1.29, 1.82) is 0 Å². The molecule has 0 heterocycles. The fourth-order valence-electron chi connectivity index (χ4n) is 2.84. The van der Waals surface area contributed by atoms with Crippen molar-refractivity contribution in [2.45, 2.75) is 17.2 Å². The summed E-state index contributed by atoms with van der Waals surface area (Å²) in [4.78, 5) is 24.6. The van der Waals surface area contributed by atoms with E-state index in [1.54, 1.807) is 23.9 Å². The van der Waals surface area contributed by atoms with Gasteiger partial charge in [-0.25, -0.2) is 13.1 Å². The third-order valence-corrected chi connectivity index (χ3v) is 6.55. The van der Waals surface area contributed by atoms with Gasteiger partial charge in [-0.05, 0) is 47.7 Å². The molecule has 3 aromatic rings. The number of nitrogens with one attached hydrogen (secondary N) is 3. The Hall–Kier alpha value is -3.14. The topological polar surface area (TPSA) is 104 Å². The van der Waals surface area contributed by atoms with Crippen molar-refractivity contribution in [2.75, 3.05) is 6.26 Å². The van der Waals surface area contributed by atoms with E-state index in [2.05, 4.69) is 15.6 Å². The minimum Gasteiger partial charge on any atom is -0.267 e. The van der Waals surface area contributed by atoms with Crippen LogP contribution in [0, 0.1) is 0 Å². The van der Waals surface area contributed by atoms with Crippen LogP contribution >= 0.6 is 11.8 Å². The van der Waals surface area contributed by atoms with Gasteiger partial charge >= 0.3 is 0 Å². The maximum atomic E-state index is 12.6. The van der Waals surface area contributed by atoms with Gasteiger partial charge in [0.2, 0.25) is 10.0 Å². The summed E-state index contributed by atoms with van der Waals surface area (Å²) >= 11 is 1.68. The number of sulfonamides is 1. The zero-order valence-electron chi connectivity index (χ0n) is 17.4. The molecular weight excluding hydrogens is 446 g/mol. The van der Waals surface area contributed by atoms with Gasteiger partial charge in [-0.3, -0.25) is 20.4 Å². The first kappa shape index (κ1) is 23.5. The number of carbonyl (C=O) groups is 2. The monoisotopic (exact) mass is 469 g/mol. The SMILES string of the molecule is CSCc1ccc(C(=O)NNC(=O)c2cccc(S(=O)(=O)NCc3ccccc3)c2)cc1. The van der Waals surface area contributed by atoms with Crippen LogP contribution < -0.4 is 15.6 Å². The molecule has 0 fully saturated rings. The van der Waals surface area contributed by atoms with Crippen molar-refractivity contribution in [1.82, 2.24) is 15.6 Å². The van der Waals surface area contributed by atoms with Crippen LogP contribution in [0.15, 0.2) is 83.8 Å². The Morgan fingerprint density at radius 2 is 1.44 bits per heavy atom. The van der Waals surface area contributed by atoms with Crippen LogP contribution in [0.3, 0.4) is 0 Å². The number of amides is 2. The lowest BCUT2D eigenvalue weighted by Crippen LogP contribution is -2.41. The molecule has 9 heteroatoms. The van der Waals surface area contributed by atoms with Crippen molar-refractivity contribution in [3.8, 4) is 0 Å². The predicted octanol–water partition coefficient (Wildman–Crippen LogP) is 3.10. The van der Waals surface area contributed by atoms with E-state index in [0.29, 0.717) is 5.56 Å². The van der Waals surface area contributed by atoms with Gasteiger partial charge < -0.3 is 0 Å².